The van der Waals surface area contributed by atoms with Gasteiger partial charge in [-0.3, -0.25) is 4.79 Å². The molecule has 0 unspecified atom stereocenters. The molecule has 2 aromatic rings. The number of ether oxygens (including phenoxy) is 2. The summed E-state index contributed by atoms with van der Waals surface area (Å²) in [4.78, 5) is 14.3. The van der Waals surface area contributed by atoms with E-state index in [-0.39, 0.29) is 6.61 Å². The van der Waals surface area contributed by atoms with Crippen LogP contribution < -0.4 is 43.0 Å². The van der Waals surface area contributed by atoms with Crippen LogP contribution in [0.2, 0.25) is 0 Å². The number of hydrogen-bond acceptors (Lipinski definition) is 10. The Labute approximate surface area is 242 Å². The molecule has 0 spiro atoms. The fourth-order valence-electron chi connectivity index (χ4n) is 4.60. The topological polar surface area (TPSA) is 187 Å². The highest BCUT2D eigenvalue weighted by molar-refractivity contribution is 5.96. The number of aliphatic hydroxyl groups excluding tert-OH is 1. The van der Waals surface area contributed by atoms with Crippen molar-refractivity contribution in [2.45, 2.75) is 32.1 Å². The Hall–Kier alpha value is -4.09. The summed E-state index contributed by atoms with van der Waals surface area (Å²) in [5, 5.41) is 15.6. The first-order valence-corrected chi connectivity index (χ1v) is 14.1. The van der Waals surface area contributed by atoms with Gasteiger partial charge in [0.1, 0.15) is 22.9 Å². The molecule has 0 radical (unpaired) electrons. The summed E-state index contributed by atoms with van der Waals surface area (Å²) in [5.41, 5.74) is 27.3. The molecule has 0 saturated carbocycles. The normalized spacial score (nSPS) is 13.7. The van der Waals surface area contributed by atoms with E-state index in [1.165, 1.54) is 19.3 Å². The minimum atomic E-state index is -0.560. The average molecular weight is 568 g/mol. The maximum Gasteiger partial charge on any atom is 0.248 e. The number of nitrogen functional groups attached to an aromatic ring is 2. The molecule has 3 rings (SSSR count). The number of nitrogens with two attached hydrogens (primary N) is 4. The maximum atomic E-state index is 11.8. The second kappa shape index (κ2) is 16.2. The van der Waals surface area contributed by atoms with Crippen molar-refractivity contribution in [1.29, 1.82) is 0 Å². The van der Waals surface area contributed by atoms with Gasteiger partial charge in [-0.15, -0.1) is 0 Å². The number of hydrogen-bond donors (Lipinski definition) is 7. The van der Waals surface area contributed by atoms with Crippen LogP contribution in [-0.2, 0) is 0 Å². The number of carbonyl (C=O) groups excluding carboxylic acids is 1. The Balaban J connectivity index is 1.58. The minimum absolute atomic E-state index is 0.0262. The molecule has 11 heteroatoms. The second-order valence-corrected chi connectivity index (χ2v) is 10.0. The van der Waals surface area contributed by atoms with Gasteiger partial charge in [-0.2, -0.15) is 0 Å². The van der Waals surface area contributed by atoms with Crippen LogP contribution in [0.25, 0.3) is 5.70 Å². The largest absolute Gasteiger partial charge is 0.491 e. The van der Waals surface area contributed by atoms with Gasteiger partial charge in [-0.05, 0) is 56.6 Å². The molecule has 0 aromatic heterocycles. The van der Waals surface area contributed by atoms with Crippen LogP contribution in [0.5, 0.6) is 11.5 Å². The Kier molecular flexibility index (Phi) is 12.5. The Bertz CT molecular complexity index is 1200. The van der Waals surface area contributed by atoms with Crippen molar-refractivity contribution < 1.29 is 19.4 Å². The van der Waals surface area contributed by atoms with Crippen molar-refractivity contribution in [1.82, 2.24) is 4.90 Å². The van der Waals surface area contributed by atoms with Crippen molar-refractivity contribution in [3.8, 4) is 11.5 Å². The number of anilines is 4. The van der Waals surface area contributed by atoms with E-state index >= 15 is 0 Å². The van der Waals surface area contributed by atoms with Crippen LogP contribution in [0, 0.1) is 0 Å². The molecule has 224 valence electrons. The van der Waals surface area contributed by atoms with Gasteiger partial charge >= 0.3 is 0 Å². The van der Waals surface area contributed by atoms with Crippen LogP contribution in [0.15, 0.2) is 43.0 Å². The standard InChI is InChI=1S/C30H45N7O4/c1-21(31)22-17-24(32)28(26(19-22)41-16-8-14-38)35-9-3-4-10-36-29-25(33)18-23(30(34)39)20-27(29)40-15-7-13-37-11-5-2-6-12-37/h3-4,17-20,35-36,38H,1-2,5-16,31-33H2,(H2,34,39)/b4-3+. The van der Waals surface area contributed by atoms with Crippen molar-refractivity contribution in [2.75, 3.05) is 74.6 Å². The molecule has 11 N–H and O–H groups in total. The zero-order valence-corrected chi connectivity index (χ0v) is 23.8. The number of piperidine rings is 1. The molecule has 2 aromatic carbocycles. The lowest BCUT2D eigenvalue weighted by molar-refractivity contribution is 0.1000. The molecule has 1 fully saturated rings. The molecule has 1 saturated heterocycles. The molecule has 0 atom stereocenters. The fourth-order valence-corrected chi connectivity index (χ4v) is 4.60. The van der Waals surface area contributed by atoms with Crippen molar-refractivity contribution in [3.63, 3.8) is 0 Å². The molecule has 0 aliphatic carbocycles. The number of carbonyl (C=O) groups is 1. The van der Waals surface area contributed by atoms with Gasteiger partial charge in [0, 0.05) is 49.5 Å². The Morgan fingerprint density at radius 3 is 1.95 bits per heavy atom. The first-order chi connectivity index (χ1) is 19.8. The van der Waals surface area contributed by atoms with Crippen LogP contribution in [0.3, 0.4) is 0 Å². The van der Waals surface area contributed by atoms with Crippen molar-refractivity contribution in [3.05, 3.63) is 54.1 Å². The maximum absolute atomic E-state index is 11.8. The van der Waals surface area contributed by atoms with E-state index in [1.807, 2.05) is 12.2 Å². The van der Waals surface area contributed by atoms with E-state index in [2.05, 4.69) is 22.1 Å². The quantitative estimate of drug-likeness (QED) is 0.0851. The summed E-state index contributed by atoms with van der Waals surface area (Å²) in [6, 6.07) is 6.70. The third-order valence-electron chi connectivity index (χ3n) is 6.77. The second-order valence-electron chi connectivity index (χ2n) is 10.0. The molecular weight excluding hydrogens is 522 g/mol. The predicted molar refractivity (Wildman–Crippen MR) is 167 cm³/mol. The highest BCUT2D eigenvalue weighted by Gasteiger charge is 2.14. The molecule has 11 nitrogen and oxygen atoms in total. The van der Waals surface area contributed by atoms with Gasteiger partial charge < -0.3 is 53.0 Å². The Morgan fingerprint density at radius 2 is 1.41 bits per heavy atom. The summed E-state index contributed by atoms with van der Waals surface area (Å²) in [7, 11) is 0. The van der Waals surface area contributed by atoms with E-state index in [9.17, 15) is 4.79 Å². The third kappa shape index (κ3) is 9.80. The van der Waals surface area contributed by atoms with Gasteiger partial charge in [0.05, 0.1) is 24.6 Å². The molecule has 1 aliphatic rings. The van der Waals surface area contributed by atoms with Gasteiger partial charge in [0.2, 0.25) is 5.91 Å². The summed E-state index contributed by atoms with van der Waals surface area (Å²) in [5.74, 6) is 0.481. The zero-order valence-electron chi connectivity index (χ0n) is 23.8. The van der Waals surface area contributed by atoms with E-state index in [0.717, 1.165) is 26.1 Å². The highest BCUT2D eigenvalue weighted by Crippen LogP contribution is 2.34. The van der Waals surface area contributed by atoms with Crippen LogP contribution in [0.1, 0.15) is 48.0 Å². The van der Waals surface area contributed by atoms with Gasteiger partial charge in [-0.1, -0.05) is 25.2 Å². The SMILES string of the molecule is C=C(N)c1cc(N)c(NC/C=C/CNc2c(N)cc(C(N)=O)cc2OCCCN2CCCCC2)c(OCCCO)c1. The molecule has 1 heterocycles. The monoisotopic (exact) mass is 567 g/mol. The minimum Gasteiger partial charge on any atom is -0.491 e. The number of rotatable bonds is 17. The number of amides is 1. The van der Waals surface area contributed by atoms with E-state index in [0.29, 0.717) is 83.8 Å². The van der Waals surface area contributed by atoms with Crippen LogP contribution >= 0.6 is 0 Å². The third-order valence-corrected chi connectivity index (χ3v) is 6.77. The predicted octanol–water partition coefficient (Wildman–Crippen LogP) is 2.98. The van der Waals surface area contributed by atoms with E-state index in [1.54, 1.807) is 24.3 Å². The van der Waals surface area contributed by atoms with Crippen LogP contribution in [0.4, 0.5) is 22.7 Å². The smallest absolute Gasteiger partial charge is 0.248 e. The molecular formula is C30H45N7O4. The first kappa shape index (κ1) is 31.4. The zero-order chi connectivity index (χ0) is 29.6. The number of primary amides is 1. The molecule has 41 heavy (non-hydrogen) atoms. The lowest BCUT2D eigenvalue weighted by Crippen LogP contribution is -2.31. The summed E-state index contributed by atoms with van der Waals surface area (Å²) >= 11 is 0. The van der Waals surface area contributed by atoms with Gasteiger partial charge in [-0.25, -0.2) is 0 Å². The number of aliphatic hydroxyl groups is 1. The van der Waals surface area contributed by atoms with Gasteiger partial charge in [0.15, 0.2) is 0 Å². The van der Waals surface area contributed by atoms with E-state index < -0.39 is 5.91 Å². The van der Waals surface area contributed by atoms with Crippen molar-refractivity contribution in [2.24, 2.45) is 11.5 Å². The number of nitrogens with one attached hydrogen (secondary N) is 2. The Morgan fingerprint density at radius 1 is 0.878 bits per heavy atom. The molecule has 1 amide bonds. The summed E-state index contributed by atoms with van der Waals surface area (Å²) in [6.07, 6.45) is 9.05. The lowest BCUT2D eigenvalue weighted by Gasteiger charge is -2.26. The van der Waals surface area contributed by atoms with Crippen LogP contribution in [-0.4, -0.2) is 68.5 Å². The molecule has 0 bridgehead atoms. The number of likely N-dealkylation sites (tertiary alicyclic amines) is 1. The van der Waals surface area contributed by atoms with Gasteiger partial charge in [0.25, 0.3) is 0 Å². The van der Waals surface area contributed by atoms with E-state index in [4.69, 9.17) is 37.5 Å². The average Bonchev–Trinajstić information content (AvgIpc) is 2.95. The molecule has 1 aliphatic heterocycles. The summed E-state index contributed by atoms with van der Waals surface area (Å²) < 4.78 is 11.9. The fraction of sp³-hybridized carbons (Fsp3) is 0.433. The first-order valence-electron chi connectivity index (χ1n) is 14.1. The number of nitrogens with zero attached hydrogens (tertiary/aromatic N) is 1. The van der Waals surface area contributed by atoms with Crippen molar-refractivity contribution >= 4 is 34.4 Å². The lowest BCUT2D eigenvalue weighted by atomic mass is 10.1. The summed E-state index contributed by atoms with van der Waals surface area (Å²) in [6.45, 7) is 8.83. The highest BCUT2D eigenvalue weighted by atomic mass is 16.5. The number of benzene rings is 2.